The van der Waals surface area contributed by atoms with Crippen molar-refractivity contribution >= 4 is 39.8 Å². The van der Waals surface area contributed by atoms with E-state index < -0.39 is 9.84 Å². The fourth-order valence-corrected chi connectivity index (χ4v) is 3.28. The number of aromatic nitrogens is 1. The van der Waals surface area contributed by atoms with Crippen LogP contribution in [0.25, 0.3) is 0 Å². The Labute approximate surface area is 165 Å². The number of rotatable bonds is 6. The van der Waals surface area contributed by atoms with Crippen molar-refractivity contribution in [1.82, 2.24) is 10.3 Å². The second kappa shape index (κ2) is 9.71. The van der Waals surface area contributed by atoms with Crippen LogP contribution in [-0.4, -0.2) is 32.2 Å². The average molecular weight is 474 g/mol. The molecule has 0 fully saturated rings. The van der Waals surface area contributed by atoms with E-state index in [1.54, 1.807) is 25.3 Å². The molecule has 0 bridgehead atoms. The zero-order valence-electron chi connectivity index (χ0n) is 14.3. The summed E-state index contributed by atoms with van der Waals surface area (Å²) in [7, 11) is -3.20. The molecule has 6 nitrogen and oxygen atoms in total. The van der Waals surface area contributed by atoms with E-state index >= 15 is 0 Å². The highest BCUT2D eigenvalue weighted by Gasteiger charge is 2.10. The van der Waals surface area contributed by atoms with Crippen molar-refractivity contribution in [2.24, 2.45) is 10.7 Å². The molecule has 0 radical (unpaired) electrons. The molecule has 0 atom stereocenters. The number of hydrogen-bond donors (Lipinski definition) is 2. The minimum atomic E-state index is -3.20. The molecule has 0 spiro atoms. The van der Waals surface area contributed by atoms with Crippen LogP contribution in [0.2, 0.25) is 0 Å². The number of hydrogen-bond acceptors (Lipinski definition) is 4. The molecule has 25 heavy (non-hydrogen) atoms. The predicted octanol–water partition coefficient (Wildman–Crippen LogP) is 2.06. The Bertz CT molecular complexity index is 824. The third kappa shape index (κ3) is 6.99. The average Bonchev–Trinajstić information content (AvgIpc) is 2.53. The number of nitrogens with one attached hydrogen (secondary N) is 1. The van der Waals surface area contributed by atoms with Gasteiger partial charge in [0.15, 0.2) is 15.8 Å². The summed E-state index contributed by atoms with van der Waals surface area (Å²) in [6, 6.07) is 11.0. The number of nitrogens with two attached hydrogens (primary N) is 1. The van der Waals surface area contributed by atoms with Crippen molar-refractivity contribution in [1.29, 1.82) is 0 Å². The highest BCUT2D eigenvalue weighted by atomic mass is 127. The molecule has 1 heterocycles. The Morgan fingerprint density at radius 2 is 2.04 bits per heavy atom. The molecule has 0 aliphatic carbocycles. The minimum absolute atomic E-state index is 0. The standard InChI is InChI=1S/C17H22N4O2S.HI/c1-13-11-14(6-7-16(13)24(2,22)23)12-21-17(18)20-10-8-15-5-3-4-9-19-15;/h3-7,9,11H,8,10,12H2,1-2H3,(H3,18,20,21);1H. The number of guanidine groups is 1. The van der Waals surface area contributed by atoms with Crippen molar-refractivity contribution in [2.45, 2.75) is 24.8 Å². The quantitative estimate of drug-likeness (QED) is 0.380. The lowest BCUT2D eigenvalue weighted by Crippen LogP contribution is -2.33. The van der Waals surface area contributed by atoms with Crippen molar-refractivity contribution in [3.8, 4) is 0 Å². The molecule has 0 saturated carbocycles. The van der Waals surface area contributed by atoms with E-state index in [9.17, 15) is 8.42 Å². The Kier molecular flexibility index (Phi) is 8.30. The van der Waals surface area contributed by atoms with Crippen molar-refractivity contribution < 1.29 is 8.42 Å². The fourth-order valence-electron chi connectivity index (χ4n) is 2.32. The van der Waals surface area contributed by atoms with Crippen molar-refractivity contribution in [3.05, 3.63) is 59.4 Å². The molecule has 0 unspecified atom stereocenters. The number of benzene rings is 1. The lowest BCUT2D eigenvalue weighted by Gasteiger charge is -2.07. The van der Waals surface area contributed by atoms with Crippen LogP contribution in [0.15, 0.2) is 52.5 Å². The van der Waals surface area contributed by atoms with E-state index in [-0.39, 0.29) is 24.0 Å². The van der Waals surface area contributed by atoms with Crippen molar-refractivity contribution in [2.75, 3.05) is 12.8 Å². The number of aryl methyl sites for hydroxylation is 1. The van der Waals surface area contributed by atoms with Gasteiger partial charge in [-0.05, 0) is 36.2 Å². The summed E-state index contributed by atoms with van der Waals surface area (Å²) in [5.74, 6) is 0.357. The normalized spacial score (nSPS) is 11.7. The lowest BCUT2D eigenvalue weighted by molar-refractivity contribution is 0.601. The number of aliphatic imine (C=N–C) groups is 1. The van der Waals surface area contributed by atoms with Gasteiger partial charge < -0.3 is 11.1 Å². The molecule has 2 rings (SSSR count). The first-order chi connectivity index (χ1) is 11.4. The molecular weight excluding hydrogens is 451 g/mol. The molecule has 2 aromatic rings. The van der Waals surface area contributed by atoms with Gasteiger partial charge in [0.05, 0.1) is 11.4 Å². The van der Waals surface area contributed by atoms with Crippen LogP contribution < -0.4 is 11.1 Å². The summed E-state index contributed by atoms with van der Waals surface area (Å²) in [6.07, 6.45) is 3.73. The summed E-state index contributed by atoms with van der Waals surface area (Å²) < 4.78 is 23.2. The first kappa shape index (κ1) is 21.4. The zero-order chi connectivity index (χ0) is 17.6. The van der Waals surface area contributed by atoms with Crippen LogP contribution in [0.1, 0.15) is 16.8 Å². The molecule has 8 heteroatoms. The topological polar surface area (TPSA) is 97.4 Å². The van der Waals surface area contributed by atoms with Gasteiger partial charge in [-0.15, -0.1) is 24.0 Å². The molecule has 1 aromatic heterocycles. The van der Waals surface area contributed by atoms with Crippen LogP contribution in [-0.2, 0) is 22.8 Å². The zero-order valence-corrected chi connectivity index (χ0v) is 17.4. The predicted molar refractivity (Wildman–Crippen MR) is 111 cm³/mol. The van der Waals surface area contributed by atoms with Crippen LogP contribution in [0.4, 0.5) is 0 Å². The molecule has 0 aliphatic rings. The highest BCUT2D eigenvalue weighted by molar-refractivity contribution is 14.0. The summed E-state index contributed by atoms with van der Waals surface area (Å²) in [5, 5.41) is 3.04. The van der Waals surface area contributed by atoms with Crippen LogP contribution >= 0.6 is 24.0 Å². The third-order valence-corrected chi connectivity index (χ3v) is 4.74. The Balaban J connectivity index is 0.00000312. The number of sulfone groups is 1. The maximum atomic E-state index is 11.6. The summed E-state index contributed by atoms with van der Waals surface area (Å²) in [5.41, 5.74) is 8.46. The largest absolute Gasteiger partial charge is 0.370 e. The maximum Gasteiger partial charge on any atom is 0.188 e. The Morgan fingerprint density at radius 1 is 1.28 bits per heavy atom. The first-order valence-corrected chi connectivity index (χ1v) is 9.48. The maximum absolute atomic E-state index is 11.6. The third-order valence-electron chi connectivity index (χ3n) is 3.48. The minimum Gasteiger partial charge on any atom is -0.370 e. The monoisotopic (exact) mass is 474 g/mol. The van der Waals surface area contributed by atoms with Gasteiger partial charge in [-0.25, -0.2) is 13.4 Å². The van der Waals surface area contributed by atoms with Gasteiger partial charge in [0, 0.05) is 31.1 Å². The fraction of sp³-hybridized carbons (Fsp3) is 0.294. The SMILES string of the molecule is Cc1cc(CN=C(N)NCCc2ccccn2)ccc1S(C)(=O)=O.I. The van der Waals surface area contributed by atoms with Gasteiger partial charge in [0.25, 0.3) is 0 Å². The Hall–Kier alpha value is -1.68. The van der Waals surface area contributed by atoms with Crippen molar-refractivity contribution in [3.63, 3.8) is 0 Å². The molecular formula is C17H23IN4O2S. The molecule has 0 aliphatic heterocycles. The second-order valence-corrected chi connectivity index (χ2v) is 7.56. The van der Waals surface area contributed by atoms with Gasteiger partial charge >= 0.3 is 0 Å². The number of halogens is 1. The van der Waals surface area contributed by atoms with Gasteiger partial charge in [0.1, 0.15) is 0 Å². The molecule has 136 valence electrons. The van der Waals surface area contributed by atoms with Crippen LogP contribution in [0.5, 0.6) is 0 Å². The number of pyridine rings is 1. The van der Waals surface area contributed by atoms with Gasteiger partial charge in [-0.3, -0.25) is 4.98 Å². The summed E-state index contributed by atoms with van der Waals surface area (Å²) in [4.78, 5) is 8.85. The second-order valence-electron chi connectivity index (χ2n) is 5.57. The van der Waals surface area contributed by atoms with Gasteiger partial charge in [-0.2, -0.15) is 0 Å². The Morgan fingerprint density at radius 3 is 2.64 bits per heavy atom. The van der Waals surface area contributed by atoms with Crippen LogP contribution in [0.3, 0.4) is 0 Å². The van der Waals surface area contributed by atoms with Gasteiger partial charge in [0.2, 0.25) is 0 Å². The molecule has 1 aromatic carbocycles. The summed E-state index contributed by atoms with van der Waals surface area (Å²) >= 11 is 0. The van der Waals surface area contributed by atoms with E-state index in [1.165, 1.54) is 6.26 Å². The van der Waals surface area contributed by atoms with E-state index in [2.05, 4.69) is 15.3 Å². The van der Waals surface area contributed by atoms with E-state index in [4.69, 9.17) is 5.73 Å². The van der Waals surface area contributed by atoms with E-state index in [1.807, 2.05) is 24.3 Å². The molecule has 0 amide bonds. The summed E-state index contributed by atoms with van der Waals surface area (Å²) in [6.45, 7) is 2.82. The lowest BCUT2D eigenvalue weighted by atomic mass is 10.1. The molecule has 0 saturated heterocycles. The highest BCUT2D eigenvalue weighted by Crippen LogP contribution is 2.17. The first-order valence-electron chi connectivity index (χ1n) is 7.59. The smallest absolute Gasteiger partial charge is 0.188 e. The van der Waals surface area contributed by atoms with Gasteiger partial charge in [-0.1, -0.05) is 18.2 Å². The van der Waals surface area contributed by atoms with E-state index in [0.717, 1.165) is 17.7 Å². The molecule has 3 N–H and O–H groups in total. The number of nitrogens with zero attached hydrogens (tertiary/aromatic N) is 2. The van der Waals surface area contributed by atoms with Crippen LogP contribution in [0, 0.1) is 6.92 Å². The van der Waals surface area contributed by atoms with E-state index in [0.29, 0.717) is 29.5 Å².